The zero-order valence-electron chi connectivity index (χ0n) is 12.9. The first-order valence-electron chi connectivity index (χ1n) is 7.62. The highest BCUT2D eigenvalue weighted by Crippen LogP contribution is 2.29. The molecule has 0 spiro atoms. The number of sulfonamides is 1. The lowest BCUT2D eigenvalue weighted by molar-refractivity contribution is 0.314. The normalized spacial score (nSPS) is 19.7. The first kappa shape index (κ1) is 16.1. The van der Waals surface area contributed by atoms with E-state index >= 15 is 0 Å². The Morgan fingerprint density at radius 3 is 2.70 bits per heavy atom. The maximum absolute atomic E-state index is 13.9. The lowest BCUT2D eigenvalue weighted by Crippen LogP contribution is -2.38. The summed E-state index contributed by atoms with van der Waals surface area (Å²) in [6, 6.07) is 12.1. The number of pyridine rings is 1. The van der Waals surface area contributed by atoms with Crippen LogP contribution in [0.1, 0.15) is 24.5 Å². The van der Waals surface area contributed by atoms with E-state index in [1.54, 1.807) is 24.3 Å². The Kier molecular flexibility index (Phi) is 4.46. The Morgan fingerprint density at radius 2 is 1.96 bits per heavy atom. The topological polar surface area (TPSA) is 50.3 Å². The number of aromatic nitrogens is 1. The minimum Gasteiger partial charge on any atom is -0.252 e. The summed E-state index contributed by atoms with van der Waals surface area (Å²) in [4.78, 5) is 4.58. The standard InChI is InChI=1S/C17H19FN2O2S/c1-23(21,22)20-11-5-6-13(12-20)16-9-4-10-17(19-16)14-7-2-3-8-15(14)18/h2-4,7-10,13H,5-6,11-12H2,1H3/t13-/m0/s1. The van der Waals surface area contributed by atoms with Gasteiger partial charge in [0.15, 0.2) is 0 Å². The lowest BCUT2D eigenvalue weighted by Gasteiger charge is -2.30. The molecule has 0 unspecified atom stereocenters. The predicted molar refractivity (Wildman–Crippen MR) is 88.0 cm³/mol. The fraction of sp³-hybridized carbons (Fsp3) is 0.353. The minimum absolute atomic E-state index is 0.0465. The van der Waals surface area contributed by atoms with Gasteiger partial charge in [-0.05, 0) is 37.1 Å². The quantitative estimate of drug-likeness (QED) is 0.867. The summed E-state index contributed by atoms with van der Waals surface area (Å²) in [7, 11) is -3.19. The van der Waals surface area contributed by atoms with Gasteiger partial charge >= 0.3 is 0 Å². The molecule has 0 aliphatic carbocycles. The molecule has 1 saturated heterocycles. The molecule has 1 aliphatic rings. The molecule has 0 amide bonds. The smallest absolute Gasteiger partial charge is 0.211 e. The van der Waals surface area contributed by atoms with Crippen molar-refractivity contribution in [3.05, 3.63) is 54.0 Å². The van der Waals surface area contributed by atoms with Crippen molar-refractivity contribution in [3.8, 4) is 11.3 Å². The van der Waals surface area contributed by atoms with Crippen molar-refractivity contribution in [1.82, 2.24) is 9.29 Å². The summed E-state index contributed by atoms with van der Waals surface area (Å²) < 4.78 is 38.9. The molecule has 0 bridgehead atoms. The van der Waals surface area contributed by atoms with Crippen molar-refractivity contribution in [1.29, 1.82) is 0 Å². The molecular weight excluding hydrogens is 315 g/mol. The predicted octanol–water partition coefficient (Wildman–Crippen LogP) is 3.03. The van der Waals surface area contributed by atoms with Crippen molar-refractivity contribution in [2.75, 3.05) is 19.3 Å². The van der Waals surface area contributed by atoms with Crippen LogP contribution in [0.4, 0.5) is 4.39 Å². The maximum Gasteiger partial charge on any atom is 0.211 e. The molecule has 0 radical (unpaired) electrons. The SMILES string of the molecule is CS(=O)(=O)N1CCC[C@H](c2cccc(-c3ccccc3F)n2)C1. The van der Waals surface area contributed by atoms with Gasteiger partial charge in [-0.3, -0.25) is 4.98 Å². The summed E-state index contributed by atoms with van der Waals surface area (Å²) in [5.74, 6) is -0.260. The second-order valence-corrected chi connectivity index (χ2v) is 7.87. The number of piperidine rings is 1. The van der Waals surface area contributed by atoms with E-state index in [1.165, 1.54) is 16.6 Å². The first-order valence-corrected chi connectivity index (χ1v) is 9.47. The highest BCUT2D eigenvalue weighted by molar-refractivity contribution is 7.88. The van der Waals surface area contributed by atoms with Gasteiger partial charge in [-0.15, -0.1) is 0 Å². The number of hydrogen-bond acceptors (Lipinski definition) is 3. The van der Waals surface area contributed by atoms with Crippen LogP contribution < -0.4 is 0 Å². The van der Waals surface area contributed by atoms with Crippen LogP contribution in [0.25, 0.3) is 11.3 Å². The van der Waals surface area contributed by atoms with Gasteiger partial charge in [0, 0.05) is 30.3 Å². The summed E-state index contributed by atoms with van der Waals surface area (Å²) in [5.41, 5.74) is 1.86. The monoisotopic (exact) mass is 334 g/mol. The Hall–Kier alpha value is -1.79. The summed E-state index contributed by atoms with van der Waals surface area (Å²) in [6.07, 6.45) is 2.93. The fourth-order valence-corrected chi connectivity index (χ4v) is 3.89. The molecule has 1 atom stereocenters. The van der Waals surface area contributed by atoms with E-state index in [0.717, 1.165) is 18.5 Å². The third-order valence-electron chi connectivity index (χ3n) is 4.19. The molecular formula is C17H19FN2O2S. The molecule has 0 saturated carbocycles. The zero-order valence-corrected chi connectivity index (χ0v) is 13.8. The van der Waals surface area contributed by atoms with Crippen LogP contribution in [0.5, 0.6) is 0 Å². The van der Waals surface area contributed by atoms with Crippen LogP contribution in [0.3, 0.4) is 0 Å². The Labute approximate surface area is 136 Å². The molecule has 23 heavy (non-hydrogen) atoms. The highest BCUT2D eigenvalue weighted by atomic mass is 32.2. The molecule has 2 heterocycles. The van der Waals surface area contributed by atoms with Gasteiger partial charge in [0.1, 0.15) is 5.82 Å². The highest BCUT2D eigenvalue weighted by Gasteiger charge is 2.27. The Bertz CT molecular complexity index is 808. The van der Waals surface area contributed by atoms with Crippen LogP contribution in [-0.2, 0) is 10.0 Å². The third kappa shape index (κ3) is 3.59. The van der Waals surface area contributed by atoms with E-state index in [-0.39, 0.29) is 11.7 Å². The van der Waals surface area contributed by atoms with Gasteiger partial charge in [0.25, 0.3) is 0 Å². The van der Waals surface area contributed by atoms with Crippen LogP contribution in [-0.4, -0.2) is 37.1 Å². The second kappa shape index (κ2) is 6.37. The van der Waals surface area contributed by atoms with E-state index in [0.29, 0.717) is 24.3 Å². The van der Waals surface area contributed by atoms with Gasteiger partial charge in [0.2, 0.25) is 10.0 Å². The average molecular weight is 334 g/mol. The molecule has 122 valence electrons. The van der Waals surface area contributed by atoms with Crippen molar-refractivity contribution >= 4 is 10.0 Å². The van der Waals surface area contributed by atoms with Gasteiger partial charge in [-0.2, -0.15) is 0 Å². The number of hydrogen-bond donors (Lipinski definition) is 0. The Balaban J connectivity index is 1.90. The van der Waals surface area contributed by atoms with Crippen molar-refractivity contribution in [3.63, 3.8) is 0 Å². The largest absolute Gasteiger partial charge is 0.252 e. The summed E-state index contributed by atoms with van der Waals surface area (Å²) >= 11 is 0. The molecule has 2 aromatic rings. The molecule has 3 rings (SSSR count). The fourth-order valence-electron chi connectivity index (χ4n) is 2.98. The van der Waals surface area contributed by atoms with E-state index < -0.39 is 10.0 Å². The van der Waals surface area contributed by atoms with Gasteiger partial charge < -0.3 is 0 Å². The maximum atomic E-state index is 13.9. The van der Waals surface area contributed by atoms with E-state index in [2.05, 4.69) is 4.98 Å². The van der Waals surface area contributed by atoms with Gasteiger partial charge in [-0.1, -0.05) is 18.2 Å². The molecule has 1 aliphatic heterocycles. The summed E-state index contributed by atoms with van der Waals surface area (Å²) in [5, 5.41) is 0. The van der Waals surface area contributed by atoms with Crippen molar-refractivity contribution < 1.29 is 12.8 Å². The van der Waals surface area contributed by atoms with Crippen LogP contribution in [0, 0.1) is 5.82 Å². The van der Waals surface area contributed by atoms with Crippen molar-refractivity contribution in [2.45, 2.75) is 18.8 Å². The second-order valence-electron chi connectivity index (χ2n) is 5.89. The van der Waals surface area contributed by atoms with Crippen LogP contribution >= 0.6 is 0 Å². The number of halogens is 1. The third-order valence-corrected chi connectivity index (χ3v) is 5.46. The van der Waals surface area contributed by atoms with Crippen LogP contribution in [0.2, 0.25) is 0 Å². The molecule has 1 aromatic carbocycles. The summed E-state index contributed by atoms with van der Waals surface area (Å²) in [6.45, 7) is 0.995. The zero-order chi connectivity index (χ0) is 16.4. The average Bonchev–Trinajstić information content (AvgIpc) is 2.55. The first-order chi connectivity index (χ1) is 10.9. The Morgan fingerprint density at radius 1 is 1.17 bits per heavy atom. The number of nitrogens with zero attached hydrogens (tertiary/aromatic N) is 2. The van der Waals surface area contributed by atoms with Gasteiger partial charge in [-0.25, -0.2) is 17.1 Å². The van der Waals surface area contributed by atoms with Crippen molar-refractivity contribution in [2.24, 2.45) is 0 Å². The van der Waals surface area contributed by atoms with Gasteiger partial charge in [0.05, 0.1) is 11.9 Å². The molecule has 6 heteroatoms. The molecule has 1 aromatic heterocycles. The molecule has 4 nitrogen and oxygen atoms in total. The van der Waals surface area contributed by atoms with Crippen LogP contribution in [0.15, 0.2) is 42.5 Å². The molecule has 0 N–H and O–H groups in total. The lowest BCUT2D eigenvalue weighted by atomic mass is 9.95. The number of benzene rings is 1. The van der Waals surface area contributed by atoms with E-state index in [4.69, 9.17) is 0 Å². The minimum atomic E-state index is -3.19. The van der Waals surface area contributed by atoms with E-state index in [9.17, 15) is 12.8 Å². The number of rotatable bonds is 3. The van der Waals surface area contributed by atoms with E-state index in [1.807, 2.05) is 12.1 Å². The molecule has 1 fully saturated rings.